The number of hydrogen-bond acceptors (Lipinski definition) is 10. The molecule has 5 atom stereocenters. The van der Waals surface area contributed by atoms with Gasteiger partial charge in [-0.05, 0) is 31.7 Å². The van der Waals surface area contributed by atoms with Crippen LogP contribution in [0.2, 0.25) is 0 Å². The number of H-pyrrole nitrogens is 1. The number of nitrogens with zero attached hydrogens (tertiary/aromatic N) is 2. The van der Waals surface area contributed by atoms with Gasteiger partial charge < -0.3 is 47.8 Å². The van der Waals surface area contributed by atoms with Crippen LogP contribution in [0.5, 0.6) is 0 Å². The van der Waals surface area contributed by atoms with E-state index in [-0.39, 0.29) is 30.0 Å². The lowest BCUT2D eigenvalue weighted by Gasteiger charge is -2.40. The van der Waals surface area contributed by atoms with Crippen LogP contribution in [-0.4, -0.2) is 104 Å². The quantitative estimate of drug-likeness (QED) is 0.0618. The molecule has 2 heterocycles. The molecule has 2 aromatic rings. The zero-order valence-corrected chi connectivity index (χ0v) is 25.9. The van der Waals surface area contributed by atoms with Crippen LogP contribution >= 0.6 is 0 Å². The number of amides is 3. The SMILES string of the molecule is CC(C)C[C@H](NC(=O)[C@@H](N)CCCCN)C(=O)N[C@@H](Cc1c[nH]cn1)C(=O)N1CC(F)(F)C(N)C1(B(O)O)C(=O)c1ccccc1. The fourth-order valence-electron chi connectivity index (χ4n) is 5.59. The van der Waals surface area contributed by atoms with E-state index in [0.717, 1.165) is 0 Å². The first kappa shape index (κ1) is 36.7. The van der Waals surface area contributed by atoms with Gasteiger partial charge >= 0.3 is 7.12 Å². The summed E-state index contributed by atoms with van der Waals surface area (Å²) in [5, 5.41) is 26.2. The molecule has 17 heteroatoms. The number of rotatable bonds is 16. The molecule has 1 fully saturated rings. The Hall–Kier alpha value is -3.77. The van der Waals surface area contributed by atoms with Crippen LogP contribution < -0.4 is 27.8 Å². The van der Waals surface area contributed by atoms with Gasteiger partial charge in [-0.1, -0.05) is 50.6 Å². The minimum Gasteiger partial charge on any atom is -0.425 e. The minimum absolute atomic E-state index is 0.110. The van der Waals surface area contributed by atoms with Gasteiger partial charge in [-0.2, -0.15) is 0 Å². The van der Waals surface area contributed by atoms with Crippen molar-refractivity contribution in [1.82, 2.24) is 25.5 Å². The van der Waals surface area contributed by atoms with Crippen LogP contribution in [0.1, 0.15) is 55.6 Å². The summed E-state index contributed by atoms with van der Waals surface area (Å²) in [6.07, 6.45) is 4.07. The van der Waals surface area contributed by atoms with Crippen LogP contribution in [0.15, 0.2) is 42.9 Å². The topological polar surface area (TPSA) is 243 Å². The third kappa shape index (κ3) is 8.14. The maximum Gasteiger partial charge on any atom is 0.489 e. The number of likely N-dealkylation sites (tertiary alicyclic amines) is 1. The van der Waals surface area contributed by atoms with Crippen LogP contribution in [0.25, 0.3) is 0 Å². The van der Waals surface area contributed by atoms with Crippen LogP contribution in [0.4, 0.5) is 8.78 Å². The Kier molecular flexibility index (Phi) is 12.5. The average molecular weight is 649 g/mol. The van der Waals surface area contributed by atoms with Crippen molar-refractivity contribution in [1.29, 1.82) is 0 Å². The van der Waals surface area contributed by atoms with Gasteiger partial charge in [-0.3, -0.25) is 19.2 Å². The molecule has 1 aliphatic rings. The maximum absolute atomic E-state index is 15.3. The summed E-state index contributed by atoms with van der Waals surface area (Å²) in [6, 6.07) is 0.675. The Morgan fingerprint density at radius 1 is 1.11 bits per heavy atom. The largest absolute Gasteiger partial charge is 0.489 e. The number of aromatic amines is 1. The molecule has 2 unspecified atom stereocenters. The van der Waals surface area contributed by atoms with Crippen LogP contribution in [0.3, 0.4) is 0 Å². The van der Waals surface area contributed by atoms with Crippen LogP contribution in [0, 0.1) is 5.92 Å². The Labute approximate surface area is 266 Å². The number of carbonyl (C=O) groups is 4. The molecule has 0 bridgehead atoms. The number of nitrogens with one attached hydrogen (secondary N) is 3. The smallest absolute Gasteiger partial charge is 0.425 e. The van der Waals surface area contributed by atoms with E-state index in [1.165, 1.54) is 36.8 Å². The van der Waals surface area contributed by atoms with Crippen molar-refractivity contribution in [2.45, 2.75) is 81.5 Å². The van der Waals surface area contributed by atoms with Gasteiger partial charge in [0.2, 0.25) is 17.7 Å². The highest BCUT2D eigenvalue weighted by Crippen LogP contribution is 2.42. The van der Waals surface area contributed by atoms with Crippen molar-refractivity contribution in [3.63, 3.8) is 0 Å². The van der Waals surface area contributed by atoms with Gasteiger partial charge in [-0.15, -0.1) is 0 Å². The molecule has 1 aliphatic heterocycles. The molecule has 0 aliphatic carbocycles. The van der Waals surface area contributed by atoms with Crippen molar-refractivity contribution in [2.75, 3.05) is 13.1 Å². The normalized spacial score (nSPS) is 21.0. The Bertz CT molecular complexity index is 1340. The van der Waals surface area contributed by atoms with E-state index < -0.39 is 72.7 Å². The molecular weight excluding hydrogens is 605 g/mol. The summed E-state index contributed by atoms with van der Waals surface area (Å²) in [4.78, 5) is 61.6. The number of unbranched alkanes of at least 4 members (excludes halogenated alkanes) is 1. The van der Waals surface area contributed by atoms with Gasteiger partial charge in [0.1, 0.15) is 18.1 Å². The van der Waals surface area contributed by atoms with Crippen molar-refractivity contribution in [3.05, 3.63) is 54.1 Å². The number of ketones is 1. The first-order chi connectivity index (χ1) is 21.7. The molecule has 1 aromatic carbocycles. The highest BCUT2D eigenvalue weighted by atomic mass is 19.3. The number of hydrogen-bond donors (Lipinski definition) is 8. The molecule has 0 saturated carbocycles. The van der Waals surface area contributed by atoms with Gasteiger partial charge in [0, 0.05) is 18.2 Å². The number of aromatic nitrogens is 2. The Morgan fingerprint density at radius 2 is 1.76 bits per heavy atom. The van der Waals surface area contributed by atoms with E-state index in [4.69, 9.17) is 17.2 Å². The molecule has 14 nitrogen and oxygen atoms in total. The first-order valence-electron chi connectivity index (χ1n) is 15.1. The summed E-state index contributed by atoms with van der Waals surface area (Å²) in [5.74, 6) is -7.94. The Balaban J connectivity index is 2.00. The lowest BCUT2D eigenvalue weighted by atomic mass is 9.57. The number of nitrogens with two attached hydrogens (primary N) is 3. The molecule has 46 heavy (non-hydrogen) atoms. The highest BCUT2D eigenvalue weighted by molar-refractivity contribution is 6.55. The van der Waals surface area contributed by atoms with Gasteiger partial charge in [-0.25, -0.2) is 13.8 Å². The lowest BCUT2D eigenvalue weighted by Crippen LogP contribution is -2.72. The number of Topliss-reactive ketones (excluding diaryl/α,β-unsaturated/α-hetero) is 1. The fourth-order valence-corrected chi connectivity index (χ4v) is 5.59. The zero-order valence-electron chi connectivity index (χ0n) is 25.9. The van der Waals surface area contributed by atoms with Crippen molar-refractivity contribution in [2.24, 2.45) is 23.1 Å². The van der Waals surface area contributed by atoms with Gasteiger partial charge in [0.25, 0.3) is 5.92 Å². The van der Waals surface area contributed by atoms with Gasteiger partial charge in [0.05, 0.1) is 24.6 Å². The predicted molar refractivity (Wildman–Crippen MR) is 165 cm³/mol. The predicted octanol–water partition coefficient (Wildman–Crippen LogP) is -1.14. The third-order valence-electron chi connectivity index (χ3n) is 8.03. The summed E-state index contributed by atoms with van der Waals surface area (Å²) in [5.41, 5.74) is 14.4. The molecule has 0 spiro atoms. The van der Waals surface area contributed by atoms with E-state index in [9.17, 15) is 29.2 Å². The number of carbonyl (C=O) groups excluding carboxylic acids is 4. The van der Waals surface area contributed by atoms with Gasteiger partial charge in [0.15, 0.2) is 11.2 Å². The standard InChI is InChI=1S/C29H43BF2N8O6/c1-17(2)12-21(38-24(42)20(34)10-6-7-11-33)25(43)39-22(13-19-14-36-16-37-19)26(44)40-15-28(31,32)27(35)29(40,30(45)46)23(41)18-8-4-3-5-9-18/h3-5,8-9,14,16-17,20-22,27,45-46H,6-7,10-13,15,33-35H2,1-2H3,(H,36,37)(H,38,42)(H,39,43)/t20-,21-,22-,27?,29?/m0/s1. The molecule has 252 valence electrons. The monoisotopic (exact) mass is 648 g/mol. The second-order valence-corrected chi connectivity index (χ2v) is 12.0. The third-order valence-corrected chi connectivity index (χ3v) is 8.03. The number of imidazole rings is 1. The summed E-state index contributed by atoms with van der Waals surface area (Å²) < 4.78 is 30.6. The van der Waals surface area contributed by atoms with E-state index in [1.54, 1.807) is 19.9 Å². The Morgan fingerprint density at radius 3 is 2.33 bits per heavy atom. The molecule has 11 N–H and O–H groups in total. The first-order valence-corrected chi connectivity index (χ1v) is 15.1. The molecule has 0 radical (unpaired) electrons. The summed E-state index contributed by atoms with van der Waals surface area (Å²) >= 11 is 0. The minimum atomic E-state index is -3.93. The summed E-state index contributed by atoms with van der Waals surface area (Å²) in [6.45, 7) is 2.59. The highest BCUT2D eigenvalue weighted by Gasteiger charge is 2.72. The molecule has 3 amide bonds. The van der Waals surface area contributed by atoms with Crippen molar-refractivity contribution < 1.29 is 38.0 Å². The second-order valence-electron chi connectivity index (χ2n) is 12.0. The molecule has 1 aromatic heterocycles. The van der Waals surface area contributed by atoms with Crippen molar-refractivity contribution >= 4 is 30.6 Å². The second kappa shape index (κ2) is 15.7. The zero-order chi connectivity index (χ0) is 34.2. The average Bonchev–Trinajstić information content (AvgIpc) is 3.60. The van der Waals surface area contributed by atoms with E-state index >= 15 is 8.78 Å². The fraction of sp³-hybridized carbons (Fsp3) is 0.552. The van der Waals surface area contributed by atoms with Crippen molar-refractivity contribution in [3.8, 4) is 0 Å². The molecule has 1 saturated heterocycles. The van der Waals surface area contributed by atoms with E-state index in [0.29, 0.717) is 30.7 Å². The van der Waals surface area contributed by atoms with E-state index in [1.807, 2.05) is 0 Å². The van der Waals surface area contributed by atoms with E-state index in [2.05, 4.69) is 20.6 Å². The summed E-state index contributed by atoms with van der Waals surface area (Å²) in [7, 11) is -2.83. The molecule has 3 rings (SSSR count). The molecular formula is C29H43BF2N8O6. The van der Waals surface area contributed by atoms with Crippen LogP contribution in [-0.2, 0) is 20.8 Å². The lowest BCUT2D eigenvalue weighted by molar-refractivity contribution is -0.139. The number of alkyl halides is 2. The number of benzene rings is 1. The number of halogens is 2. The maximum atomic E-state index is 15.3.